The van der Waals surface area contributed by atoms with E-state index in [9.17, 15) is 0 Å². The normalized spacial score (nSPS) is 14.9. The first-order chi connectivity index (χ1) is 31.1. The van der Waals surface area contributed by atoms with Gasteiger partial charge in [-0.1, -0.05) is 158 Å². The maximum Gasteiger partial charge on any atom is 0.160 e. The van der Waals surface area contributed by atoms with E-state index in [1.165, 1.54) is 33.0 Å². The second-order valence-electron chi connectivity index (χ2n) is 16.3. The number of furan rings is 1. The Morgan fingerprint density at radius 3 is 1.81 bits per heavy atom. The fraction of sp³-hybridized carbons (Fsp3) is 0.0345. The van der Waals surface area contributed by atoms with E-state index in [0.29, 0.717) is 12.3 Å². The number of amidine groups is 2. The second-order valence-corrected chi connectivity index (χ2v) is 16.3. The number of rotatable bonds is 7. The summed E-state index contributed by atoms with van der Waals surface area (Å²) >= 11 is 0. The van der Waals surface area contributed by atoms with Crippen molar-refractivity contribution in [2.75, 3.05) is 0 Å². The van der Waals surface area contributed by atoms with Crippen LogP contribution < -0.4 is 5.32 Å². The predicted molar refractivity (Wildman–Crippen MR) is 260 cm³/mol. The first kappa shape index (κ1) is 36.6. The highest BCUT2D eigenvalue weighted by molar-refractivity contribution is 6.30. The fourth-order valence-electron chi connectivity index (χ4n) is 9.34. The van der Waals surface area contributed by atoms with Crippen molar-refractivity contribution in [2.24, 2.45) is 9.98 Å². The molecule has 1 N–H and O–H groups in total. The number of nitrogens with one attached hydrogen (secondary N) is 1. The monoisotopic (exact) mass is 808 g/mol. The molecule has 1 aliphatic carbocycles. The lowest BCUT2D eigenvalue weighted by atomic mass is 9.90. The number of fused-ring (bicyclic) bond motifs is 6. The smallest absolute Gasteiger partial charge is 0.160 e. The number of aliphatic imine (C=N–C) groups is 2. The zero-order valence-electron chi connectivity index (χ0n) is 34.4. The van der Waals surface area contributed by atoms with Crippen molar-refractivity contribution in [1.29, 1.82) is 0 Å². The molecule has 8 aromatic carbocycles. The Bertz CT molecular complexity index is 3450. The summed E-state index contributed by atoms with van der Waals surface area (Å²) in [6.45, 7) is 4.41. The van der Waals surface area contributed by atoms with Gasteiger partial charge in [0, 0.05) is 45.0 Å². The highest BCUT2D eigenvalue weighted by atomic mass is 16.3. The third-order valence-electron chi connectivity index (χ3n) is 12.3. The van der Waals surface area contributed by atoms with E-state index in [2.05, 4.69) is 186 Å². The molecule has 12 rings (SSSR count). The third kappa shape index (κ3) is 6.50. The fourth-order valence-corrected chi connectivity index (χ4v) is 9.34. The van der Waals surface area contributed by atoms with E-state index in [-0.39, 0.29) is 6.17 Å². The Balaban J connectivity index is 0.993. The topological polar surface area (TPSA) is 54.8 Å². The van der Waals surface area contributed by atoms with Crippen LogP contribution in [0, 0.1) is 0 Å². The van der Waals surface area contributed by atoms with Crippen LogP contribution >= 0.6 is 0 Å². The molecule has 0 amide bonds. The Morgan fingerprint density at radius 1 is 0.524 bits per heavy atom. The van der Waals surface area contributed by atoms with Crippen LogP contribution in [0.2, 0.25) is 0 Å². The lowest BCUT2D eigenvalue weighted by Gasteiger charge is -2.25. The molecular formula is C58H40N4O. The molecule has 0 radical (unpaired) electrons. The Hall–Kier alpha value is -8.28. The van der Waals surface area contributed by atoms with Crippen molar-refractivity contribution < 1.29 is 4.42 Å². The second kappa shape index (κ2) is 15.0. The number of hydrogen-bond acceptors (Lipinski definition) is 4. The maximum atomic E-state index is 6.64. The third-order valence-corrected chi connectivity index (χ3v) is 12.3. The number of nitrogens with zero attached hydrogens (tertiary/aromatic N) is 3. The standard InChI is InChI=1S/C58H40N4O/c1-37-30-50(58-60-56(40-20-10-4-11-21-40)59-57(61-58)41-22-12-5-13-23-41)55-49-36-43(27-29-53(49)63-54(55)31-37)42-26-28-52-48(35-42)47-24-14-15-25-51(47)62(52)46-33-44(38-16-6-2-7-17-38)32-45(34-46)39-18-8-3-9-19-39/h2-30,32-36,56H,1,31H2,(H,59,60,61). The molecule has 63 heavy (non-hydrogen) atoms. The number of aromatic nitrogens is 1. The van der Waals surface area contributed by atoms with E-state index < -0.39 is 0 Å². The van der Waals surface area contributed by atoms with Gasteiger partial charge < -0.3 is 14.3 Å². The quantitative estimate of drug-likeness (QED) is 0.174. The predicted octanol–water partition coefficient (Wildman–Crippen LogP) is 14.2. The van der Waals surface area contributed by atoms with Crippen LogP contribution in [-0.4, -0.2) is 16.2 Å². The van der Waals surface area contributed by atoms with Crippen LogP contribution in [0.3, 0.4) is 0 Å². The Kier molecular flexibility index (Phi) is 8.71. The minimum atomic E-state index is -0.318. The molecule has 0 saturated carbocycles. The van der Waals surface area contributed by atoms with Gasteiger partial charge in [0.25, 0.3) is 0 Å². The minimum Gasteiger partial charge on any atom is -0.460 e. The average Bonchev–Trinajstić information content (AvgIpc) is 3.89. The van der Waals surface area contributed by atoms with Crippen LogP contribution in [0.15, 0.2) is 233 Å². The van der Waals surface area contributed by atoms with Crippen molar-refractivity contribution >= 4 is 50.0 Å². The summed E-state index contributed by atoms with van der Waals surface area (Å²) in [4.78, 5) is 10.4. The van der Waals surface area contributed by atoms with Crippen molar-refractivity contribution in [2.45, 2.75) is 12.6 Å². The lowest BCUT2D eigenvalue weighted by Crippen LogP contribution is -2.33. The molecule has 3 heterocycles. The molecule has 1 aliphatic heterocycles. The molecule has 298 valence electrons. The van der Waals surface area contributed by atoms with Crippen LogP contribution in [0.25, 0.3) is 77.4 Å². The van der Waals surface area contributed by atoms with Crippen LogP contribution in [-0.2, 0) is 6.42 Å². The van der Waals surface area contributed by atoms with Gasteiger partial charge in [-0.2, -0.15) is 0 Å². The van der Waals surface area contributed by atoms with Crippen molar-refractivity contribution in [1.82, 2.24) is 9.88 Å². The zero-order chi connectivity index (χ0) is 41.9. The van der Waals surface area contributed by atoms with Crippen LogP contribution in [0.1, 0.15) is 28.6 Å². The molecule has 5 nitrogen and oxygen atoms in total. The summed E-state index contributed by atoms with van der Waals surface area (Å²) in [6.07, 6.45) is 2.44. The van der Waals surface area contributed by atoms with Crippen LogP contribution in [0.5, 0.6) is 0 Å². The zero-order valence-corrected chi connectivity index (χ0v) is 34.4. The Labute approximate surface area is 365 Å². The Morgan fingerprint density at radius 2 is 1.11 bits per heavy atom. The van der Waals surface area contributed by atoms with E-state index in [4.69, 9.17) is 14.4 Å². The molecule has 1 unspecified atom stereocenters. The van der Waals surface area contributed by atoms with Crippen molar-refractivity contribution in [3.63, 3.8) is 0 Å². The number of hydrogen-bond donors (Lipinski definition) is 1. The SMILES string of the molecule is C=C1C=C(C2=NC(c3ccccc3)NC(c3ccccc3)=N2)c2c(oc3ccc(-c4ccc5c(c4)c4ccccc4n5-c4cc(-c5ccccc5)cc(-c5ccccc5)c4)cc23)C1. The average molecular weight is 809 g/mol. The van der Waals surface area contributed by atoms with Gasteiger partial charge in [-0.15, -0.1) is 0 Å². The number of benzene rings is 8. The van der Waals surface area contributed by atoms with Gasteiger partial charge in [-0.05, 0) is 99.1 Å². The van der Waals surface area contributed by atoms with Gasteiger partial charge in [-0.25, -0.2) is 9.98 Å². The summed E-state index contributed by atoms with van der Waals surface area (Å²) in [5.41, 5.74) is 16.2. The minimum absolute atomic E-state index is 0.318. The largest absolute Gasteiger partial charge is 0.460 e. The highest BCUT2D eigenvalue weighted by Crippen LogP contribution is 2.42. The first-order valence-corrected chi connectivity index (χ1v) is 21.4. The summed E-state index contributed by atoms with van der Waals surface area (Å²) in [6, 6.07) is 71.0. The summed E-state index contributed by atoms with van der Waals surface area (Å²) in [5.74, 6) is 2.31. The first-order valence-electron chi connectivity index (χ1n) is 21.4. The summed E-state index contributed by atoms with van der Waals surface area (Å²) in [7, 11) is 0. The molecule has 2 aliphatic rings. The molecular weight excluding hydrogens is 769 g/mol. The highest BCUT2D eigenvalue weighted by Gasteiger charge is 2.29. The molecule has 0 fully saturated rings. The van der Waals surface area contributed by atoms with Gasteiger partial charge >= 0.3 is 0 Å². The van der Waals surface area contributed by atoms with Crippen molar-refractivity contribution in [3.05, 3.63) is 241 Å². The lowest BCUT2D eigenvalue weighted by molar-refractivity contribution is 0.560. The molecule has 5 heteroatoms. The number of allylic oxidation sites excluding steroid dienone is 2. The van der Waals surface area contributed by atoms with E-state index >= 15 is 0 Å². The molecule has 0 bridgehead atoms. The summed E-state index contributed by atoms with van der Waals surface area (Å²) < 4.78 is 9.05. The molecule has 0 saturated heterocycles. The van der Waals surface area contributed by atoms with Gasteiger partial charge in [0.2, 0.25) is 0 Å². The molecule has 1 atom stereocenters. The summed E-state index contributed by atoms with van der Waals surface area (Å²) in [5, 5.41) is 7.03. The van der Waals surface area contributed by atoms with Crippen LogP contribution in [0.4, 0.5) is 0 Å². The maximum absolute atomic E-state index is 6.64. The van der Waals surface area contributed by atoms with Crippen molar-refractivity contribution in [3.8, 4) is 39.1 Å². The molecule has 10 aromatic rings. The van der Waals surface area contributed by atoms with Gasteiger partial charge in [0.05, 0.1) is 11.0 Å². The van der Waals surface area contributed by atoms with Gasteiger partial charge in [0.1, 0.15) is 23.3 Å². The molecule has 2 aromatic heterocycles. The van der Waals surface area contributed by atoms with E-state index in [0.717, 1.165) is 78.2 Å². The van der Waals surface area contributed by atoms with E-state index in [1.807, 2.05) is 36.4 Å². The van der Waals surface area contributed by atoms with E-state index in [1.54, 1.807) is 0 Å². The molecule has 0 spiro atoms. The van der Waals surface area contributed by atoms with Gasteiger partial charge in [-0.3, -0.25) is 0 Å². The number of para-hydroxylation sites is 1. The van der Waals surface area contributed by atoms with Gasteiger partial charge in [0.15, 0.2) is 5.84 Å².